The molecule has 1 heterocycles. The lowest BCUT2D eigenvalue weighted by molar-refractivity contribution is 0.0940. The number of amides is 2. The van der Waals surface area contributed by atoms with Crippen molar-refractivity contribution in [3.05, 3.63) is 65.0 Å². The van der Waals surface area contributed by atoms with Crippen LogP contribution in [0.15, 0.2) is 42.5 Å². The maximum atomic E-state index is 13.0. The fourth-order valence-corrected chi connectivity index (χ4v) is 2.83. The van der Waals surface area contributed by atoms with Crippen molar-refractivity contribution in [1.82, 2.24) is 5.32 Å². The summed E-state index contributed by atoms with van der Waals surface area (Å²) in [7, 11) is 0. The first kappa shape index (κ1) is 16.2. The Bertz CT molecular complexity index is 784. The highest BCUT2D eigenvalue weighted by atomic mass is 19.1. The molecule has 2 aromatic rings. The minimum Gasteiger partial charge on any atom is -0.350 e. The molecule has 0 aliphatic carbocycles. The van der Waals surface area contributed by atoms with Gasteiger partial charge >= 0.3 is 0 Å². The zero-order valence-electron chi connectivity index (χ0n) is 13.7. The molecule has 4 nitrogen and oxygen atoms in total. The van der Waals surface area contributed by atoms with E-state index in [-0.39, 0.29) is 23.7 Å². The summed E-state index contributed by atoms with van der Waals surface area (Å²) in [5.41, 5.74) is 2.75. The number of fused-ring (bicyclic) bond motifs is 1. The molecule has 5 heteroatoms. The molecule has 0 aromatic heterocycles. The summed E-state index contributed by atoms with van der Waals surface area (Å²) in [4.78, 5) is 26.5. The Morgan fingerprint density at radius 1 is 1.08 bits per heavy atom. The highest BCUT2D eigenvalue weighted by Crippen LogP contribution is 2.30. The second-order valence-electron chi connectivity index (χ2n) is 6.19. The van der Waals surface area contributed by atoms with E-state index in [9.17, 15) is 14.0 Å². The second kappa shape index (κ2) is 6.43. The summed E-state index contributed by atoms with van der Waals surface area (Å²) < 4.78 is 13.0. The van der Waals surface area contributed by atoms with Crippen LogP contribution in [0.1, 0.15) is 40.1 Å². The van der Waals surface area contributed by atoms with Gasteiger partial charge in [0.05, 0.1) is 0 Å². The number of hydrogen-bond donors (Lipinski definition) is 1. The van der Waals surface area contributed by atoms with E-state index in [1.807, 2.05) is 19.9 Å². The summed E-state index contributed by atoms with van der Waals surface area (Å²) in [6.45, 7) is 4.35. The van der Waals surface area contributed by atoms with E-state index in [4.69, 9.17) is 0 Å². The highest BCUT2D eigenvalue weighted by Gasteiger charge is 2.26. The maximum Gasteiger partial charge on any atom is 0.258 e. The fraction of sp³-hybridized carbons (Fsp3) is 0.263. The van der Waals surface area contributed by atoms with Crippen molar-refractivity contribution in [3.63, 3.8) is 0 Å². The van der Waals surface area contributed by atoms with Gasteiger partial charge in [-0.3, -0.25) is 9.59 Å². The van der Waals surface area contributed by atoms with Crippen molar-refractivity contribution >= 4 is 17.5 Å². The van der Waals surface area contributed by atoms with Crippen LogP contribution >= 0.6 is 0 Å². The van der Waals surface area contributed by atoms with Crippen LogP contribution in [0.25, 0.3) is 0 Å². The zero-order valence-corrected chi connectivity index (χ0v) is 13.7. The standard InChI is InChI=1S/C19H19FN2O2/c1-12(2)21-18(23)15-4-3-13-9-10-22(17(13)11-15)19(24)14-5-7-16(20)8-6-14/h3-8,11-12H,9-10H2,1-2H3,(H,21,23). The molecule has 0 saturated carbocycles. The molecule has 0 fully saturated rings. The number of nitrogens with one attached hydrogen (secondary N) is 1. The van der Waals surface area contributed by atoms with Gasteiger partial charge in [-0.15, -0.1) is 0 Å². The minimum absolute atomic E-state index is 0.0442. The first-order valence-electron chi connectivity index (χ1n) is 7.97. The lowest BCUT2D eigenvalue weighted by Crippen LogP contribution is -2.31. The normalized spacial score (nSPS) is 13.1. The molecule has 0 radical (unpaired) electrons. The van der Waals surface area contributed by atoms with Gasteiger partial charge in [0.15, 0.2) is 0 Å². The van der Waals surface area contributed by atoms with Crippen molar-refractivity contribution in [1.29, 1.82) is 0 Å². The Kier molecular flexibility index (Phi) is 4.34. The van der Waals surface area contributed by atoms with E-state index in [1.165, 1.54) is 24.3 Å². The van der Waals surface area contributed by atoms with E-state index >= 15 is 0 Å². The number of carbonyl (C=O) groups excluding carboxylic acids is 2. The fourth-order valence-electron chi connectivity index (χ4n) is 2.83. The summed E-state index contributed by atoms with van der Waals surface area (Å²) in [6.07, 6.45) is 0.744. The average molecular weight is 326 g/mol. The molecule has 24 heavy (non-hydrogen) atoms. The van der Waals surface area contributed by atoms with Gasteiger partial charge in [0.1, 0.15) is 5.82 Å². The van der Waals surface area contributed by atoms with Gasteiger partial charge in [0.25, 0.3) is 11.8 Å². The Labute approximate surface area is 140 Å². The van der Waals surface area contributed by atoms with Gasteiger partial charge in [-0.05, 0) is 62.2 Å². The second-order valence-corrected chi connectivity index (χ2v) is 6.19. The number of rotatable bonds is 3. The molecule has 124 valence electrons. The Balaban J connectivity index is 1.89. The third-order valence-electron chi connectivity index (χ3n) is 4.00. The molecule has 0 atom stereocenters. The van der Waals surface area contributed by atoms with Crippen LogP contribution in [0.4, 0.5) is 10.1 Å². The molecule has 0 saturated heterocycles. The number of halogens is 1. The Morgan fingerprint density at radius 2 is 1.75 bits per heavy atom. The zero-order chi connectivity index (χ0) is 17.3. The molecular formula is C19H19FN2O2. The number of anilines is 1. The lowest BCUT2D eigenvalue weighted by Gasteiger charge is -2.18. The number of carbonyl (C=O) groups is 2. The maximum absolute atomic E-state index is 13.0. The monoisotopic (exact) mass is 326 g/mol. The van der Waals surface area contributed by atoms with Crippen LogP contribution in [-0.2, 0) is 6.42 Å². The van der Waals surface area contributed by atoms with E-state index in [0.717, 1.165) is 17.7 Å². The largest absolute Gasteiger partial charge is 0.350 e. The van der Waals surface area contributed by atoms with Gasteiger partial charge in [0, 0.05) is 29.4 Å². The highest BCUT2D eigenvalue weighted by molar-refractivity contribution is 6.08. The van der Waals surface area contributed by atoms with Crippen molar-refractivity contribution < 1.29 is 14.0 Å². The molecule has 0 spiro atoms. The number of benzene rings is 2. The lowest BCUT2D eigenvalue weighted by atomic mass is 10.1. The summed E-state index contributed by atoms with van der Waals surface area (Å²) in [5, 5.41) is 2.85. The van der Waals surface area contributed by atoms with Crippen LogP contribution in [0.5, 0.6) is 0 Å². The van der Waals surface area contributed by atoms with E-state index in [0.29, 0.717) is 17.7 Å². The molecule has 1 aliphatic rings. The van der Waals surface area contributed by atoms with Gasteiger partial charge in [-0.2, -0.15) is 0 Å². The molecular weight excluding hydrogens is 307 g/mol. The van der Waals surface area contributed by atoms with Crippen LogP contribution in [0.2, 0.25) is 0 Å². The summed E-state index contributed by atoms with van der Waals surface area (Å²) >= 11 is 0. The van der Waals surface area contributed by atoms with Crippen LogP contribution in [0, 0.1) is 5.82 Å². The van der Waals surface area contributed by atoms with E-state index in [2.05, 4.69) is 5.32 Å². The smallest absolute Gasteiger partial charge is 0.258 e. The molecule has 1 N–H and O–H groups in total. The molecule has 0 unspecified atom stereocenters. The number of nitrogens with zero attached hydrogens (tertiary/aromatic N) is 1. The molecule has 3 rings (SSSR count). The van der Waals surface area contributed by atoms with Crippen LogP contribution in [0.3, 0.4) is 0 Å². The van der Waals surface area contributed by atoms with Crippen LogP contribution in [-0.4, -0.2) is 24.4 Å². The third-order valence-corrected chi connectivity index (χ3v) is 4.00. The predicted molar refractivity (Wildman–Crippen MR) is 90.8 cm³/mol. The quantitative estimate of drug-likeness (QED) is 0.942. The predicted octanol–water partition coefficient (Wildman–Crippen LogP) is 3.17. The van der Waals surface area contributed by atoms with Crippen molar-refractivity contribution in [2.45, 2.75) is 26.3 Å². The van der Waals surface area contributed by atoms with Gasteiger partial charge < -0.3 is 10.2 Å². The number of hydrogen-bond acceptors (Lipinski definition) is 2. The van der Waals surface area contributed by atoms with E-state index in [1.54, 1.807) is 17.0 Å². The SMILES string of the molecule is CC(C)NC(=O)c1ccc2c(c1)N(C(=O)c1ccc(F)cc1)CC2. The van der Waals surface area contributed by atoms with Gasteiger partial charge in [0.2, 0.25) is 0 Å². The minimum atomic E-state index is -0.374. The van der Waals surface area contributed by atoms with Crippen molar-refractivity contribution in [3.8, 4) is 0 Å². The first-order chi connectivity index (χ1) is 11.5. The molecule has 0 bridgehead atoms. The van der Waals surface area contributed by atoms with E-state index < -0.39 is 0 Å². The third kappa shape index (κ3) is 3.15. The Hall–Kier alpha value is -2.69. The molecule has 1 aliphatic heterocycles. The summed E-state index contributed by atoms with van der Waals surface area (Å²) in [5.74, 6) is -0.718. The van der Waals surface area contributed by atoms with Crippen molar-refractivity contribution in [2.24, 2.45) is 0 Å². The van der Waals surface area contributed by atoms with Crippen LogP contribution < -0.4 is 10.2 Å². The van der Waals surface area contributed by atoms with Gasteiger partial charge in [-0.1, -0.05) is 6.07 Å². The summed E-state index contributed by atoms with van der Waals surface area (Å²) in [6, 6.07) is 11.0. The molecule has 2 aromatic carbocycles. The molecule has 2 amide bonds. The van der Waals surface area contributed by atoms with Gasteiger partial charge in [-0.25, -0.2) is 4.39 Å². The topological polar surface area (TPSA) is 49.4 Å². The van der Waals surface area contributed by atoms with Crippen molar-refractivity contribution in [2.75, 3.05) is 11.4 Å². The average Bonchev–Trinajstić information content (AvgIpc) is 2.97. The first-order valence-corrected chi connectivity index (χ1v) is 7.97. The Morgan fingerprint density at radius 3 is 2.42 bits per heavy atom.